The standard InChI is InChI=1S/C16H27NO4/c1-9(2)7-10(3)13(20)17-16(12(5)19)14(21)15(16,6)8-11(4)18/h9-10,12,19H,7-8H2,1-6H3,(H,17,20)/t10-,12+,15?,16?/m0/s1. The number of aliphatic hydroxyl groups excluding tert-OH is 1. The van der Waals surface area contributed by atoms with Gasteiger partial charge in [0.25, 0.3) is 0 Å². The summed E-state index contributed by atoms with van der Waals surface area (Å²) in [5.74, 6) is -0.504. The summed E-state index contributed by atoms with van der Waals surface area (Å²) >= 11 is 0. The summed E-state index contributed by atoms with van der Waals surface area (Å²) in [6.45, 7) is 10.4. The molecule has 1 fully saturated rings. The van der Waals surface area contributed by atoms with Crippen LogP contribution < -0.4 is 5.32 Å². The molecule has 5 heteroatoms. The van der Waals surface area contributed by atoms with Crippen molar-refractivity contribution >= 4 is 17.5 Å². The molecule has 2 N–H and O–H groups in total. The first-order valence-corrected chi connectivity index (χ1v) is 7.53. The maximum Gasteiger partial charge on any atom is 0.223 e. The Labute approximate surface area is 126 Å². The molecule has 0 radical (unpaired) electrons. The number of carbonyl (C=O) groups excluding carboxylic acids is 3. The number of amides is 1. The molecule has 1 amide bonds. The van der Waals surface area contributed by atoms with Gasteiger partial charge in [-0.05, 0) is 33.1 Å². The fourth-order valence-corrected chi connectivity index (χ4v) is 3.37. The van der Waals surface area contributed by atoms with Gasteiger partial charge in [0.1, 0.15) is 11.3 Å². The number of hydrogen-bond donors (Lipinski definition) is 2. The van der Waals surface area contributed by atoms with Crippen molar-refractivity contribution in [1.29, 1.82) is 0 Å². The first-order valence-electron chi connectivity index (χ1n) is 7.53. The van der Waals surface area contributed by atoms with E-state index in [9.17, 15) is 19.5 Å². The Morgan fingerprint density at radius 2 is 1.76 bits per heavy atom. The van der Waals surface area contributed by atoms with Crippen molar-refractivity contribution in [1.82, 2.24) is 5.32 Å². The molecule has 120 valence electrons. The number of ketones is 2. The molecule has 1 saturated carbocycles. The minimum absolute atomic E-state index is 0.0373. The summed E-state index contributed by atoms with van der Waals surface area (Å²) in [5.41, 5.74) is -2.32. The van der Waals surface area contributed by atoms with Crippen LogP contribution in [0.3, 0.4) is 0 Å². The summed E-state index contributed by atoms with van der Waals surface area (Å²) in [4.78, 5) is 36.0. The lowest BCUT2D eigenvalue weighted by Gasteiger charge is -2.26. The quantitative estimate of drug-likeness (QED) is 0.745. The Balaban J connectivity index is 2.93. The first kappa shape index (κ1) is 17.8. The van der Waals surface area contributed by atoms with E-state index in [0.717, 1.165) is 0 Å². The molecule has 1 aliphatic carbocycles. The van der Waals surface area contributed by atoms with Gasteiger partial charge < -0.3 is 10.4 Å². The van der Waals surface area contributed by atoms with E-state index in [0.29, 0.717) is 12.3 Å². The molecule has 0 aliphatic heterocycles. The van der Waals surface area contributed by atoms with Crippen molar-refractivity contribution < 1.29 is 19.5 Å². The zero-order chi connectivity index (χ0) is 16.6. The third kappa shape index (κ3) is 3.03. The van der Waals surface area contributed by atoms with Gasteiger partial charge in [-0.1, -0.05) is 20.8 Å². The second kappa shape index (κ2) is 5.87. The van der Waals surface area contributed by atoms with Crippen molar-refractivity contribution in [3.8, 4) is 0 Å². The average molecular weight is 297 g/mol. The summed E-state index contributed by atoms with van der Waals surface area (Å²) in [5, 5.41) is 12.8. The monoisotopic (exact) mass is 297 g/mol. The third-order valence-corrected chi connectivity index (χ3v) is 4.49. The molecule has 1 rings (SSSR count). The molecule has 0 aromatic carbocycles. The minimum atomic E-state index is -1.32. The molecule has 4 atom stereocenters. The van der Waals surface area contributed by atoms with Crippen LogP contribution in [-0.2, 0) is 14.4 Å². The SMILES string of the molecule is CC(=O)CC1(C)C(=O)C1(NC(=O)[C@@H](C)CC(C)C)[C@@H](C)O. The van der Waals surface area contributed by atoms with Gasteiger partial charge in [-0.2, -0.15) is 0 Å². The van der Waals surface area contributed by atoms with Gasteiger partial charge in [-0.25, -0.2) is 0 Å². The second-order valence-corrected chi connectivity index (χ2v) is 7.04. The molecule has 0 saturated heterocycles. The highest BCUT2D eigenvalue weighted by molar-refractivity contribution is 6.16. The Hall–Kier alpha value is -1.23. The van der Waals surface area contributed by atoms with Gasteiger partial charge in [0, 0.05) is 12.3 Å². The van der Waals surface area contributed by atoms with Crippen molar-refractivity contribution in [2.24, 2.45) is 17.3 Å². The molecule has 5 nitrogen and oxygen atoms in total. The Kier molecular flexibility index (Phi) is 4.98. The molecule has 0 aromatic heterocycles. The average Bonchev–Trinajstić information content (AvgIpc) is 2.75. The smallest absolute Gasteiger partial charge is 0.223 e. The summed E-state index contributed by atoms with van der Waals surface area (Å²) < 4.78 is 0. The molecule has 0 bridgehead atoms. The lowest BCUT2D eigenvalue weighted by atomic mass is 9.91. The van der Waals surface area contributed by atoms with Gasteiger partial charge in [0.05, 0.1) is 11.5 Å². The van der Waals surface area contributed by atoms with Gasteiger partial charge in [0.2, 0.25) is 5.91 Å². The van der Waals surface area contributed by atoms with Crippen LogP contribution in [-0.4, -0.2) is 34.2 Å². The summed E-state index contributed by atoms with van der Waals surface area (Å²) in [6.07, 6.45) is -0.279. The van der Waals surface area contributed by atoms with E-state index in [4.69, 9.17) is 0 Å². The van der Waals surface area contributed by atoms with Gasteiger partial charge in [-0.3, -0.25) is 14.4 Å². The Morgan fingerprint density at radius 3 is 2.14 bits per heavy atom. The minimum Gasteiger partial charge on any atom is -0.390 e. The number of nitrogens with one attached hydrogen (secondary N) is 1. The van der Waals surface area contributed by atoms with E-state index in [1.807, 2.05) is 13.8 Å². The molecule has 1 aliphatic rings. The van der Waals surface area contributed by atoms with Crippen LogP contribution in [0.1, 0.15) is 54.4 Å². The van der Waals surface area contributed by atoms with Gasteiger partial charge in [-0.15, -0.1) is 0 Å². The van der Waals surface area contributed by atoms with Crippen molar-refractivity contribution in [3.63, 3.8) is 0 Å². The van der Waals surface area contributed by atoms with E-state index < -0.39 is 17.1 Å². The van der Waals surface area contributed by atoms with Crippen molar-refractivity contribution in [2.45, 2.75) is 66.0 Å². The molecule has 0 aromatic rings. The van der Waals surface area contributed by atoms with Gasteiger partial charge >= 0.3 is 0 Å². The lowest BCUT2D eigenvalue weighted by Crippen LogP contribution is -2.51. The summed E-state index contributed by atoms with van der Waals surface area (Å²) in [6, 6.07) is 0. The van der Waals surface area contributed by atoms with E-state index in [2.05, 4.69) is 5.32 Å². The van der Waals surface area contributed by atoms with E-state index in [1.54, 1.807) is 13.8 Å². The zero-order valence-corrected chi connectivity index (χ0v) is 13.8. The maximum atomic E-state index is 12.3. The Morgan fingerprint density at radius 1 is 1.24 bits per heavy atom. The molecule has 0 spiro atoms. The van der Waals surface area contributed by atoms with E-state index in [-0.39, 0.29) is 29.8 Å². The molecule has 2 unspecified atom stereocenters. The fraction of sp³-hybridized carbons (Fsp3) is 0.812. The van der Waals surface area contributed by atoms with Crippen molar-refractivity contribution in [3.05, 3.63) is 0 Å². The van der Waals surface area contributed by atoms with Crippen LogP contribution in [0.4, 0.5) is 0 Å². The zero-order valence-electron chi connectivity index (χ0n) is 13.8. The summed E-state index contributed by atoms with van der Waals surface area (Å²) in [7, 11) is 0. The number of carbonyl (C=O) groups is 3. The highest BCUT2D eigenvalue weighted by Crippen LogP contribution is 2.56. The van der Waals surface area contributed by atoms with Crippen LogP contribution in [0, 0.1) is 17.3 Å². The highest BCUT2D eigenvalue weighted by Gasteiger charge is 2.77. The van der Waals surface area contributed by atoms with Crippen LogP contribution in [0.15, 0.2) is 0 Å². The topological polar surface area (TPSA) is 83.5 Å². The molecule has 21 heavy (non-hydrogen) atoms. The van der Waals surface area contributed by atoms with Crippen LogP contribution >= 0.6 is 0 Å². The van der Waals surface area contributed by atoms with E-state index >= 15 is 0 Å². The Bertz CT molecular complexity index is 457. The lowest BCUT2D eigenvalue weighted by molar-refractivity contribution is -0.129. The molecular weight excluding hydrogens is 270 g/mol. The predicted octanol–water partition coefficient (Wildman–Crippen LogP) is 1.47. The maximum absolute atomic E-state index is 12.3. The largest absolute Gasteiger partial charge is 0.390 e. The third-order valence-electron chi connectivity index (χ3n) is 4.49. The number of hydrogen-bond acceptors (Lipinski definition) is 4. The number of aliphatic hydroxyl groups is 1. The highest BCUT2D eigenvalue weighted by atomic mass is 16.3. The van der Waals surface area contributed by atoms with Gasteiger partial charge in [0.15, 0.2) is 5.78 Å². The van der Waals surface area contributed by atoms with Crippen molar-refractivity contribution in [2.75, 3.05) is 0 Å². The van der Waals surface area contributed by atoms with E-state index in [1.165, 1.54) is 13.8 Å². The normalized spacial score (nSPS) is 31.0. The predicted molar refractivity (Wildman–Crippen MR) is 79.6 cm³/mol. The number of Topliss-reactive ketones (excluding diaryl/α,β-unsaturated/α-hetero) is 2. The van der Waals surface area contributed by atoms with Crippen LogP contribution in [0.2, 0.25) is 0 Å². The first-order chi connectivity index (χ1) is 9.49. The molecular formula is C16H27NO4. The van der Waals surface area contributed by atoms with Crippen LogP contribution in [0.5, 0.6) is 0 Å². The van der Waals surface area contributed by atoms with Crippen LogP contribution in [0.25, 0.3) is 0 Å². The molecule has 0 heterocycles. The second-order valence-electron chi connectivity index (χ2n) is 7.04. The fourth-order valence-electron chi connectivity index (χ4n) is 3.37. The number of rotatable bonds is 7.